The molecule has 0 saturated carbocycles. The van der Waals surface area contributed by atoms with Crippen LogP contribution in [0.5, 0.6) is 17.6 Å². The van der Waals surface area contributed by atoms with Crippen LogP contribution in [0.4, 0.5) is 0 Å². The van der Waals surface area contributed by atoms with Crippen LogP contribution in [0.2, 0.25) is 0 Å². The van der Waals surface area contributed by atoms with Crippen molar-refractivity contribution in [3.8, 4) is 17.6 Å². The lowest BCUT2D eigenvalue weighted by Gasteiger charge is -2.07. The molecule has 0 amide bonds. The maximum absolute atomic E-state index is 10.7. The Bertz CT molecular complexity index is 634. The van der Waals surface area contributed by atoms with Crippen LogP contribution in [0.25, 0.3) is 0 Å². The number of hydrogen-bond acceptors (Lipinski definition) is 5. The summed E-state index contributed by atoms with van der Waals surface area (Å²) in [7, 11) is 1.49. The van der Waals surface area contributed by atoms with Gasteiger partial charge in [-0.2, -0.15) is 4.98 Å². The molecule has 104 valence electrons. The number of carbonyl (C=O) groups is 1. The van der Waals surface area contributed by atoms with Gasteiger partial charge in [0.2, 0.25) is 5.88 Å². The van der Waals surface area contributed by atoms with Gasteiger partial charge in [-0.1, -0.05) is 12.1 Å². The highest BCUT2D eigenvalue weighted by molar-refractivity contribution is 9.10. The van der Waals surface area contributed by atoms with E-state index in [0.29, 0.717) is 21.7 Å². The lowest BCUT2D eigenvalue weighted by molar-refractivity contribution is -0.136. The Labute approximate surface area is 123 Å². The molecule has 1 aromatic carbocycles. The summed E-state index contributed by atoms with van der Waals surface area (Å²) in [6.45, 7) is 0. The molecule has 1 N–H and O–H groups in total. The molecule has 1 aromatic heterocycles. The number of benzene rings is 1. The summed E-state index contributed by atoms with van der Waals surface area (Å²) in [6.07, 6.45) is 1.45. The predicted molar refractivity (Wildman–Crippen MR) is 74.1 cm³/mol. The van der Waals surface area contributed by atoms with Crippen LogP contribution in [0.1, 0.15) is 5.56 Å². The molecular weight excluding hydrogens is 328 g/mol. The molecule has 0 bridgehead atoms. The van der Waals surface area contributed by atoms with Crippen molar-refractivity contribution in [1.82, 2.24) is 9.97 Å². The fourth-order valence-electron chi connectivity index (χ4n) is 1.53. The van der Waals surface area contributed by atoms with Gasteiger partial charge >= 0.3 is 12.0 Å². The number of methoxy groups -OCH3 is 1. The second kappa shape index (κ2) is 6.33. The molecular formula is C13H11BrN2O4. The minimum atomic E-state index is -0.899. The molecule has 7 heteroatoms. The van der Waals surface area contributed by atoms with Crippen LogP contribution in [0, 0.1) is 0 Å². The zero-order valence-electron chi connectivity index (χ0n) is 10.5. The average molecular weight is 339 g/mol. The van der Waals surface area contributed by atoms with Crippen LogP contribution in [-0.4, -0.2) is 28.2 Å². The molecule has 2 rings (SSSR count). The molecule has 0 saturated heterocycles. The number of halogens is 1. The van der Waals surface area contributed by atoms with Gasteiger partial charge in [-0.3, -0.25) is 4.79 Å². The second-order valence-electron chi connectivity index (χ2n) is 3.83. The van der Waals surface area contributed by atoms with Gasteiger partial charge < -0.3 is 14.6 Å². The van der Waals surface area contributed by atoms with Crippen molar-refractivity contribution < 1.29 is 19.4 Å². The number of ether oxygens (including phenoxy) is 2. The van der Waals surface area contributed by atoms with E-state index in [4.69, 9.17) is 14.6 Å². The Morgan fingerprint density at radius 1 is 1.45 bits per heavy atom. The lowest BCUT2D eigenvalue weighted by Crippen LogP contribution is -2.00. The summed E-state index contributed by atoms with van der Waals surface area (Å²) < 4.78 is 11.1. The van der Waals surface area contributed by atoms with Gasteiger partial charge in [-0.25, -0.2) is 4.98 Å². The molecule has 0 radical (unpaired) electrons. The number of rotatable bonds is 5. The fraction of sp³-hybridized carbons (Fsp3) is 0.154. The number of nitrogens with zero attached hydrogens (tertiary/aromatic N) is 2. The van der Waals surface area contributed by atoms with Crippen molar-refractivity contribution in [3.05, 3.63) is 40.5 Å². The molecule has 0 fully saturated rings. The van der Waals surface area contributed by atoms with E-state index in [1.165, 1.54) is 13.3 Å². The minimum absolute atomic E-state index is 0.0677. The maximum Gasteiger partial charge on any atom is 0.325 e. The highest BCUT2D eigenvalue weighted by atomic mass is 79.9. The van der Waals surface area contributed by atoms with Gasteiger partial charge in [0.05, 0.1) is 24.2 Å². The fourth-order valence-corrected chi connectivity index (χ4v) is 1.88. The largest absolute Gasteiger partial charge is 0.481 e. The van der Waals surface area contributed by atoms with Crippen LogP contribution in [-0.2, 0) is 11.2 Å². The number of carboxylic acids is 1. The van der Waals surface area contributed by atoms with Gasteiger partial charge in [-0.15, -0.1) is 0 Å². The van der Waals surface area contributed by atoms with E-state index < -0.39 is 5.97 Å². The number of aromatic nitrogens is 2. The first-order valence-electron chi connectivity index (χ1n) is 5.63. The summed E-state index contributed by atoms with van der Waals surface area (Å²) in [5.74, 6) is -0.0754. The Balaban J connectivity index is 2.19. The van der Waals surface area contributed by atoms with Crippen molar-refractivity contribution in [2.75, 3.05) is 7.11 Å². The van der Waals surface area contributed by atoms with Crippen LogP contribution in [0.15, 0.2) is 34.9 Å². The molecule has 6 nitrogen and oxygen atoms in total. The molecule has 0 aliphatic carbocycles. The third kappa shape index (κ3) is 3.67. The highest BCUT2D eigenvalue weighted by Crippen LogP contribution is 2.25. The van der Waals surface area contributed by atoms with Gasteiger partial charge in [0, 0.05) is 0 Å². The standard InChI is InChI=1S/C13H11BrN2O4/c1-19-12-10(14)7-15-13(16-12)20-9-4-2-3-8(5-9)6-11(17)18/h2-5,7H,6H2,1H3,(H,17,18). The topological polar surface area (TPSA) is 81.5 Å². The summed E-state index contributed by atoms with van der Waals surface area (Å²) in [5.41, 5.74) is 0.638. The van der Waals surface area contributed by atoms with E-state index in [1.54, 1.807) is 24.3 Å². The maximum atomic E-state index is 10.7. The molecule has 0 spiro atoms. The van der Waals surface area contributed by atoms with E-state index in [1.807, 2.05) is 0 Å². The van der Waals surface area contributed by atoms with Crippen LogP contribution >= 0.6 is 15.9 Å². The third-order valence-corrected chi connectivity index (χ3v) is 2.89. The first-order chi connectivity index (χ1) is 9.58. The van der Waals surface area contributed by atoms with Crippen molar-refractivity contribution in [3.63, 3.8) is 0 Å². The number of hydrogen-bond donors (Lipinski definition) is 1. The zero-order chi connectivity index (χ0) is 14.5. The monoisotopic (exact) mass is 338 g/mol. The molecule has 0 unspecified atom stereocenters. The molecule has 20 heavy (non-hydrogen) atoms. The number of carboxylic acid groups (broad SMARTS) is 1. The quantitative estimate of drug-likeness (QED) is 0.902. The van der Waals surface area contributed by atoms with Crippen molar-refractivity contribution in [2.24, 2.45) is 0 Å². The van der Waals surface area contributed by atoms with Crippen LogP contribution in [0.3, 0.4) is 0 Å². The third-order valence-electron chi connectivity index (χ3n) is 2.35. The minimum Gasteiger partial charge on any atom is -0.481 e. The molecule has 2 aromatic rings. The van der Waals surface area contributed by atoms with Crippen molar-refractivity contribution in [2.45, 2.75) is 6.42 Å². The van der Waals surface area contributed by atoms with Crippen LogP contribution < -0.4 is 9.47 Å². The summed E-state index contributed by atoms with van der Waals surface area (Å²) in [6, 6.07) is 6.88. The molecule has 0 atom stereocenters. The first kappa shape index (κ1) is 14.3. The average Bonchev–Trinajstić information content (AvgIpc) is 2.40. The zero-order valence-corrected chi connectivity index (χ0v) is 12.1. The summed E-state index contributed by atoms with van der Waals surface area (Å²) in [5, 5.41) is 8.76. The van der Waals surface area contributed by atoms with E-state index >= 15 is 0 Å². The van der Waals surface area contributed by atoms with E-state index in [0.717, 1.165) is 0 Å². The first-order valence-corrected chi connectivity index (χ1v) is 6.43. The van der Waals surface area contributed by atoms with Gasteiger partial charge in [-0.05, 0) is 33.6 Å². The smallest absolute Gasteiger partial charge is 0.325 e. The Morgan fingerprint density at radius 3 is 2.95 bits per heavy atom. The molecule has 0 aliphatic heterocycles. The number of aliphatic carboxylic acids is 1. The van der Waals surface area contributed by atoms with E-state index in [-0.39, 0.29) is 12.4 Å². The Morgan fingerprint density at radius 2 is 2.25 bits per heavy atom. The lowest BCUT2D eigenvalue weighted by atomic mass is 10.1. The summed E-state index contributed by atoms with van der Waals surface area (Å²) in [4.78, 5) is 18.7. The van der Waals surface area contributed by atoms with Gasteiger partial charge in [0.25, 0.3) is 0 Å². The van der Waals surface area contributed by atoms with Gasteiger partial charge in [0.1, 0.15) is 5.75 Å². The highest BCUT2D eigenvalue weighted by Gasteiger charge is 2.08. The van der Waals surface area contributed by atoms with E-state index in [9.17, 15) is 4.79 Å². The van der Waals surface area contributed by atoms with Crippen molar-refractivity contribution >= 4 is 21.9 Å². The second-order valence-corrected chi connectivity index (χ2v) is 4.68. The van der Waals surface area contributed by atoms with E-state index in [2.05, 4.69) is 25.9 Å². The Kier molecular flexibility index (Phi) is 4.52. The van der Waals surface area contributed by atoms with Crippen molar-refractivity contribution in [1.29, 1.82) is 0 Å². The summed E-state index contributed by atoms with van der Waals surface area (Å²) >= 11 is 3.24. The Hall–Kier alpha value is -2.15. The van der Waals surface area contributed by atoms with Gasteiger partial charge in [0.15, 0.2) is 0 Å². The molecule has 1 heterocycles. The predicted octanol–water partition coefficient (Wildman–Crippen LogP) is 2.67. The SMILES string of the molecule is COc1nc(Oc2cccc(CC(=O)O)c2)ncc1Br. The normalized spacial score (nSPS) is 10.1. The molecule has 0 aliphatic rings.